The van der Waals surface area contributed by atoms with Crippen molar-refractivity contribution in [3.8, 4) is 11.5 Å². The number of carbonyl (C=O) groups excluding carboxylic acids is 1. The summed E-state index contributed by atoms with van der Waals surface area (Å²) in [6.07, 6.45) is 0.831. The third-order valence-electron chi connectivity index (χ3n) is 4.93. The lowest BCUT2D eigenvalue weighted by Gasteiger charge is -2.22. The first kappa shape index (κ1) is 21.3. The first-order valence-corrected chi connectivity index (χ1v) is 10.8. The molecule has 0 spiro atoms. The summed E-state index contributed by atoms with van der Waals surface area (Å²) in [4.78, 5) is 19.4. The van der Waals surface area contributed by atoms with Crippen LogP contribution in [0.1, 0.15) is 21.8 Å². The number of rotatable bonds is 9. The highest BCUT2D eigenvalue weighted by molar-refractivity contribution is 7.09. The van der Waals surface area contributed by atoms with Gasteiger partial charge in [0.2, 0.25) is 12.7 Å². The number of hydrogen-bond donors (Lipinski definition) is 0. The van der Waals surface area contributed by atoms with Gasteiger partial charge in [0.15, 0.2) is 11.5 Å². The van der Waals surface area contributed by atoms with Crippen molar-refractivity contribution in [1.29, 1.82) is 0 Å². The normalized spacial score (nSPS) is 12.2. The van der Waals surface area contributed by atoms with Crippen molar-refractivity contribution >= 4 is 17.2 Å². The number of amides is 1. The van der Waals surface area contributed by atoms with E-state index < -0.39 is 0 Å². The number of thiazole rings is 1. The lowest BCUT2D eigenvalue weighted by Crippen LogP contribution is -2.34. The van der Waals surface area contributed by atoms with Crippen LogP contribution in [0.4, 0.5) is 4.39 Å². The van der Waals surface area contributed by atoms with Crippen LogP contribution in [0, 0.1) is 5.82 Å². The number of carbonyl (C=O) groups is 1. The van der Waals surface area contributed by atoms with E-state index in [-0.39, 0.29) is 24.9 Å². The molecule has 1 aliphatic heterocycles. The Hall–Kier alpha value is -2.97. The lowest BCUT2D eigenvalue weighted by atomic mass is 10.1. The van der Waals surface area contributed by atoms with Gasteiger partial charge >= 0.3 is 0 Å². The predicted molar refractivity (Wildman–Crippen MR) is 115 cm³/mol. The van der Waals surface area contributed by atoms with Crippen LogP contribution in [0.5, 0.6) is 11.5 Å². The second kappa shape index (κ2) is 9.89. The summed E-state index contributed by atoms with van der Waals surface area (Å²) in [5.74, 6) is 1.14. The van der Waals surface area contributed by atoms with Crippen LogP contribution in [-0.4, -0.2) is 42.8 Å². The van der Waals surface area contributed by atoms with Gasteiger partial charge in [-0.1, -0.05) is 18.2 Å². The third-order valence-corrected chi connectivity index (χ3v) is 5.83. The summed E-state index contributed by atoms with van der Waals surface area (Å²) in [6.45, 7) is 1.60. The summed E-state index contributed by atoms with van der Waals surface area (Å²) >= 11 is 1.51. The molecule has 31 heavy (non-hydrogen) atoms. The van der Waals surface area contributed by atoms with Crippen molar-refractivity contribution in [2.24, 2.45) is 0 Å². The van der Waals surface area contributed by atoms with E-state index in [1.807, 2.05) is 23.6 Å². The first-order valence-electron chi connectivity index (χ1n) is 9.93. The van der Waals surface area contributed by atoms with Gasteiger partial charge in [-0.25, -0.2) is 9.37 Å². The van der Waals surface area contributed by atoms with Crippen LogP contribution >= 0.6 is 11.3 Å². The van der Waals surface area contributed by atoms with E-state index in [9.17, 15) is 9.18 Å². The molecule has 162 valence electrons. The highest BCUT2D eigenvalue weighted by Gasteiger charge is 2.19. The molecular formula is C23H23FN2O4S. The van der Waals surface area contributed by atoms with Crippen molar-refractivity contribution in [2.75, 3.05) is 27.1 Å². The van der Waals surface area contributed by atoms with Gasteiger partial charge < -0.3 is 19.1 Å². The van der Waals surface area contributed by atoms with Crippen molar-refractivity contribution in [3.63, 3.8) is 0 Å². The minimum absolute atomic E-state index is 0.0200. The second-order valence-corrected chi connectivity index (χ2v) is 8.15. The van der Waals surface area contributed by atoms with Gasteiger partial charge in [-0.05, 0) is 35.4 Å². The molecule has 3 aromatic rings. The average Bonchev–Trinajstić information content (AvgIpc) is 3.41. The summed E-state index contributed by atoms with van der Waals surface area (Å²) in [6, 6.07) is 12.1. The molecule has 1 aromatic heterocycles. The molecular weight excluding hydrogens is 419 g/mol. The molecule has 0 unspecified atom stereocenters. The first-order chi connectivity index (χ1) is 15.1. The summed E-state index contributed by atoms with van der Waals surface area (Å²) in [7, 11) is 1.62. The van der Waals surface area contributed by atoms with Crippen LogP contribution < -0.4 is 9.47 Å². The molecule has 0 N–H and O–H groups in total. The van der Waals surface area contributed by atoms with E-state index in [2.05, 4.69) is 4.98 Å². The number of methoxy groups -OCH3 is 1. The summed E-state index contributed by atoms with van der Waals surface area (Å²) in [5.41, 5.74) is 2.68. The molecule has 0 fully saturated rings. The number of aromatic nitrogens is 1. The Morgan fingerprint density at radius 1 is 1.16 bits per heavy atom. The molecule has 1 aliphatic rings. The molecule has 0 radical (unpaired) electrons. The van der Waals surface area contributed by atoms with E-state index in [0.717, 1.165) is 27.6 Å². The smallest absolute Gasteiger partial charge is 0.231 e. The number of ether oxygens (including phenoxy) is 3. The zero-order chi connectivity index (χ0) is 21.6. The predicted octanol–water partition coefficient (Wildman–Crippen LogP) is 3.82. The topological polar surface area (TPSA) is 60.9 Å². The largest absolute Gasteiger partial charge is 0.454 e. The van der Waals surface area contributed by atoms with Gasteiger partial charge in [0, 0.05) is 32.0 Å². The number of hydrogen-bond acceptors (Lipinski definition) is 6. The van der Waals surface area contributed by atoms with Gasteiger partial charge in [-0.2, -0.15) is 0 Å². The third kappa shape index (κ3) is 5.59. The van der Waals surface area contributed by atoms with Gasteiger partial charge in [-0.3, -0.25) is 4.79 Å². The summed E-state index contributed by atoms with van der Waals surface area (Å²) < 4.78 is 29.1. The minimum atomic E-state index is -0.257. The van der Waals surface area contributed by atoms with Gasteiger partial charge in [0.1, 0.15) is 5.82 Å². The number of nitrogens with zero attached hydrogens (tertiary/aromatic N) is 2. The van der Waals surface area contributed by atoms with Crippen molar-refractivity contribution in [1.82, 2.24) is 9.88 Å². The molecule has 8 heteroatoms. The lowest BCUT2D eigenvalue weighted by molar-refractivity contribution is -0.131. The van der Waals surface area contributed by atoms with Gasteiger partial charge in [-0.15, -0.1) is 11.3 Å². The molecule has 0 saturated heterocycles. The van der Waals surface area contributed by atoms with Crippen LogP contribution in [0.15, 0.2) is 47.8 Å². The SMILES string of the molecule is COCCN(Cc1ccc2c(c1)OCO2)C(=O)Cc1csc(Cc2ccc(F)cc2)n1. The highest BCUT2D eigenvalue weighted by Crippen LogP contribution is 2.32. The van der Waals surface area contributed by atoms with Crippen molar-refractivity contribution in [2.45, 2.75) is 19.4 Å². The Kier molecular flexibility index (Phi) is 6.79. The van der Waals surface area contributed by atoms with E-state index >= 15 is 0 Å². The molecule has 0 atom stereocenters. The molecule has 0 bridgehead atoms. The van der Waals surface area contributed by atoms with E-state index in [4.69, 9.17) is 14.2 Å². The Morgan fingerprint density at radius 2 is 1.94 bits per heavy atom. The van der Waals surface area contributed by atoms with Gasteiger partial charge in [0.05, 0.1) is 23.7 Å². The fourth-order valence-electron chi connectivity index (χ4n) is 3.31. The molecule has 4 rings (SSSR count). The Balaban J connectivity index is 1.40. The Bertz CT molecular complexity index is 1040. The van der Waals surface area contributed by atoms with Crippen LogP contribution in [0.3, 0.4) is 0 Å². The van der Waals surface area contributed by atoms with E-state index in [1.165, 1.54) is 23.5 Å². The molecule has 2 heterocycles. The number of halogens is 1. The fourth-order valence-corrected chi connectivity index (χ4v) is 4.14. The van der Waals surface area contributed by atoms with Crippen molar-refractivity contribution < 1.29 is 23.4 Å². The zero-order valence-electron chi connectivity index (χ0n) is 17.2. The van der Waals surface area contributed by atoms with Crippen LogP contribution in [0.25, 0.3) is 0 Å². The molecule has 1 amide bonds. The summed E-state index contributed by atoms with van der Waals surface area (Å²) in [5, 5.41) is 2.81. The maximum Gasteiger partial charge on any atom is 0.231 e. The number of fused-ring (bicyclic) bond motifs is 1. The average molecular weight is 443 g/mol. The molecule has 0 aliphatic carbocycles. The minimum Gasteiger partial charge on any atom is -0.454 e. The fraction of sp³-hybridized carbons (Fsp3) is 0.304. The standard InChI is InChI=1S/C23H23FN2O4S/c1-28-9-8-26(13-17-4-7-20-21(10-17)30-15-29-20)23(27)12-19-14-31-22(25-19)11-16-2-5-18(24)6-3-16/h2-7,10,14H,8-9,11-13,15H2,1H3. The Morgan fingerprint density at radius 3 is 2.74 bits per heavy atom. The molecule has 0 saturated carbocycles. The maximum atomic E-state index is 13.1. The van der Waals surface area contributed by atoms with E-state index in [0.29, 0.717) is 31.9 Å². The van der Waals surface area contributed by atoms with Crippen molar-refractivity contribution in [3.05, 3.63) is 75.5 Å². The highest BCUT2D eigenvalue weighted by atomic mass is 32.1. The maximum absolute atomic E-state index is 13.1. The molecule has 6 nitrogen and oxygen atoms in total. The zero-order valence-corrected chi connectivity index (χ0v) is 18.0. The van der Waals surface area contributed by atoms with E-state index in [1.54, 1.807) is 24.1 Å². The Labute approximate surface area is 184 Å². The van der Waals surface area contributed by atoms with Gasteiger partial charge in [0.25, 0.3) is 0 Å². The monoisotopic (exact) mass is 442 g/mol. The molecule has 2 aromatic carbocycles. The quantitative estimate of drug-likeness (QED) is 0.504. The van der Waals surface area contributed by atoms with Crippen LogP contribution in [0.2, 0.25) is 0 Å². The second-order valence-electron chi connectivity index (χ2n) is 7.21. The number of benzene rings is 2. The van der Waals surface area contributed by atoms with Crippen LogP contribution in [-0.2, 0) is 28.9 Å².